The Morgan fingerprint density at radius 2 is 2.19 bits per heavy atom. The van der Waals surface area contributed by atoms with Crippen LogP contribution in [0.4, 0.5) is 5.69 Å². The number of halogens is 1. The number of nitrogens with zero attached hydrogens (tertiary/aromatic N) is 4. The van der Waals surface area contributed by atoms with E-state index in [9.17, 15) is 8.42 Å². The number of benzene rings is 1. The van der Waals surface area contributed by atoms with Gasteiger partial charge in [-0.3, -0.25) is 0 Å². The number of aromatic nitrogens is 4. The molecular formula is C12H14ClN5O2S. The van der Waals surface area contributed by atoms with Gasteiger partial charge in [-0.2, -0.15) is 0 Å². The third-order valence-electron chi connectivity index (χ3n) is 3.55. The Morgan fingerprint density at radius 1 is 1.38 bits per heavy atom. The van der Waals surface area contributed by atoms with Crippen molar-refractivity contribution < 1.29 is 8.42 Å². The van der Waals surface area contributed by atoms with Gasteiger partial charge in [-0.05, 0) is 35.4 Å². The number of hydrogen-bond acceptors (Lipinski definition) is 6. The minimum atomic E-state index is -3.05. The molecule has 1 aliphatic heterocycles. The highest BCUT2D eigenvalue weighted by Crippen LogP contribution is 2.33. The predicted octanol–water partition coefficient (Wildman–Crippen LogP) is 1.33. The normalized spacial score (nSPS) is 21.3. The maximum Gasteiger partial charge on any atom is 0.183 e. The summed E-state index contributed by atoms with van der Waals surface area (Å²) in [6, 6.07) is 4.93. The van der Waals surface area contributed by atoms with Gasteiger partial charge in [-0.25, -0.2) is 13.1 Å². The first-order valence-corrected chi connectivity index (χ1v) is 8.70. The van der Waals surface area contributed by atoms with Gasteiger partial charge in [0.1, 0.15) is 0 Å². The van der Waals surface area contributed by atoms with E-state index in [0.717, 1.165) is 6.42 Å². The average Bonchev–Trinajstić information content (AvgIpc) is 2.90. The van der Waals surface area contributed by atoms with Gasteiger partial charge in [-0.1, -0.05) is 17.7 Å². The van der Waals surface area contributed by atoms with Crippen LogP contribution >= 0.6 is 11.6 Å². The zero-order valence-corrected chi connectivity index (χ0v) is 12.7. The van der Waals surface area contributed by atoms with E-state index in [1.54, 1.807) is 18.2 Å². The standard InChI is InChI=1S/C12H14ClN5O2S/c13-11-9(4-1-5-10(11)14)12-15-16-17-18(12)8-3-2-6-21(19,20)7-8/h1,4-5,8H,2-3,6-7,14H2. The van der Waals surface area contributed by atoms with Crippen molar-refractivity contribution >= 4 is 27.1 Å². The summed E-state index contributed by atoms with van der Waals surface area (Å²) in [7, 11) is -3.05. The summed E-state index contributed by atoms with van der Waals surface area (Å²) in [5.74, 6) is 0.708. The van der Waals surface area contributed by atoms with Crippen molar-refractivity contribution in [1.29, 1.82) is 0 Å². The summed E-state index contributed by atoms with van der Waals surface area (Å²) in [4.78, 5) is 0. The maximum absolute atomic E-state index is 11.8. The molecule has 1 aromatic carbocycles. The van der Waals surface area contributed by atoms with Crippen molar-refractivity contribution in [2.45, 2.75) is 18.9 Å². The minimum Gasteiger partial charge on any atom is -0.398 e. The summed E-state index contributed by atoms with van der Waals surface area (Å²) in [6.07, 6.45) is 1.33. The smallest absolute Gasteiger partial charge is 0.183 e. The SMILES string of the molecule is Nc1cccc(-c2nnnn2C2CCCS(=O)(=O)C2)c1Cl. The largest absolute Gasteiger partial charge is 0.398 e. The van der Waals surface area contributed by atoms with Gasteiger partial charge in [0.25, 0.3) is 0 Å². The Hall–Kier alpha value is -1.67. The third kappa shape index (κ3) is 2.73. The van der Waals surface area contributed by atoms with Crippen LogP contribution in [-0.2, 0) is 9.84 Å². The van der Waals surface area contributed by atoms with Crippen LogP contribution in [0.3, 0.4) is 0 Å². The molecule has 0 spiro atoms. The molecule has 21 heavy (non-hydrogen) atoms. The van der Waals surface area contributed by atoms with Gasteiger partial charge in [0.15, 0.2) is 15.7 Å². The molecule has 1 aliphatic rings. The molecule has 1 unspecified atom stereocenters. The van der Waals surface area contributed by atoms with Crippen LogP contribution in [0.1, 0.15) is 18.9 Å². The Balaban J connectivity index is 2.03. The van der Waals surface area contributed by atoms with E-state index in [2.05, 4.69) is 15.5 Å². The Bertz CT molecular complexity index is 774. The lowest BCUT2D eigenvalue weighted by Gasteiger charge is -2.22. The molecule has 0 aliphatic carbocycles. The van der Waals surface area contributed by atoms with E-state index in [1.807, 2.05) is 0 Å². The number of anilines is 1. The fourth-order valence-electron chi connectivity index (χ4n) is 2.53. The lowest BCUT2D eigenvalue weighted by atomic mass is 10.1. The fraction of sp³-hybridized carbons (Fsp3) is 0.417. The van der Waals surface area contributed by atoms with Crippen molar-refractivity contribution in [3.63, 3.8) is 0 Å². The second-order valence-electron chi connectivity index (χ2n) is 5.07. The van der Waals surface area contributed by atoms with E-state index < -0.39 is 9.84 Å². The quantitative estimate of drug-likeness (QED) is 0.834. The first-order valence-electron chi connectivity index (χ1n) is 6.50. The zero-order valence-electron chi connectivity index (χ0n) is 11.1. The molecule has 2 aromatic rings. The Morgan fingerprint density at radius 3 is 2.95 bits per heavy atom. The summed E-state index contributed by atoms with van der Waals surface area (Å²) in [6.45, 7) is 0. The lowest BCUT2D eigenvalue weighted by molar-refractivity contribution is 0.429. The van der Waals surface area contributed by atoms with E-state index >= 15 is 0 Å². The molecule has 112 valence electrons. The van der Waals surface area contributed by atoms with E-state index in [0.29, 0.717) is 28.5 Å². The molecule has 2 heterocycles. The molecule has 9 heteroatoms. The number of tetrazole rings is 1. The number of rotatable bonds is 2. The van der Waals surface area contributed by atoms with Gasteiger partial charge >= 0.3 is 0 Å². The van der Waals surface area contributed by atoms with Crippen LogP contribution < -0.4 is 5.73 Å². The summed E-state index contributed by atoms with van der Waals surface area (Å²) in [5, 5.41) is 12.0. The van der Waals surface area contributed by atoms with Gasteiger partial charge in [0.2, 0.25) is 0 Å². The van der Waals surface area contributed by atoms with Crippen molar-refractivity contribution in [3.8, 4) is 11.4 Å². The molecular weight excluding hydrogens is 314 g/mol. The number of nitrogens with two attached hydrogens (primary N) is 1. The molecule has 0 radical (unpaired) electrons. The monoisotopic (exact) mass is 327 g/mol. The first-order chi connectivity index (χ1) is 9.98. The summed E-state index contributed by atoms with van der Waals surface area (Å²) < 4.78 is 25.1. The molecule has 1 aromatic heterocycles. The zero-order chi connectivity index (χ0) is 15.0. The Labute approximate surface area is 127 Å². The number of hydrogen-bond donors (Lipinski definition) is 1. The number of sulfone groups is 1. The molecule has 0 amide bonds. The predicted molar refractivity (Wildman–Crippen MR) is 79.6 cm³/mol. The third-order valence-corrected chi connectivity index (χ3v) is 5.77. The molecule has 7 nitrogen and oxygen atoms in total. The van der Waals surface area contributed by atoms with E-state index in [1.165, 1.54) is 4.68 Å². The van der Waals surface area contributed by atoms with Gasteiger partial charge < -0.3 is 5.73 Å². The highest BCUT2D eigenvalue weighted by atomic mass is 35.5. The topological polar surface area (TPSA) is 104 Å². The van der Waals surface area contributed by atoms with Crippen molar-refractivity contribution in [3.05, 3.63) is 23.2 Å². The first kappa shape index (κ1) is 14.3. The maximum atomic E-state index is 11.8. The second kappa shape index (κ2) is 5.27. The lowest BCUT2D eigenvalue weighted by Crippen LogP contribution is -2.28. The molecule has 1 fully saturated rings. The van der Waals surface area contributed by atoms with Crippen molar-refractivity contribution in [2.75, 3.05) is 17.2 Å². The summed E-state index contributed by atoms with van der Waals surface area (Å²) >= 11 is 6.20. The molecule has 1 saturated heterocycles. The molecule has 0 bridgehead atoms. The van der Waals surface area contributed by atoms with Crippen LogP contribution in [0.25, 0.3) is 11.4 Å². The highest BCUT2D eigenvalue weighted by Gasteiger charge is 2.29. The van der Waals surface area contributed by atoms with E-state index in [4.69, 9.17) is 17.3 Å². The highest BCUT2D eigenvalue weighted by molar-refractivity contribution is 7.91. The van der Waals surface area contributed by atoms with Crippen molar-refractivity contribution in [2.24, 2.45) is 0 Å². The second-order valence-corrected chi connectivity index (χ2v) is 7.67. The van der Waals surface area contributed by atoms with Crippen LogP contribution in [0, 0.1) is 0 Å². The average molecular weight is 328 g/mol. The van der Waals surface area contributed by atoms with Crippen LogP contribution in [0.2, 0.25) is 5.02 Å². The Kier molecular flexibility index (Phi) is 3.58. The van der Waals surface area contributed by atoms with Crippen LogP contribution in [0.15, 0.2) is 18.2 Å². The van der Waals surface area contributed by atoms with Crippen LogP contribution in [0.5, 0.6) is 0 Å². The van der Waals surface area contributed by atoms with Gasteiger partial charge in [-0.15, -0.1) is 5.10 Å². The molecule has 1 atom stereocenters. The molecule has 0 saturated carbocycles. The fourth-order valence-corrected chi connectivity index (χ4v) is 4.41. The van der Waals surface area contributed by atoms with Crippen molar-refractivity contribution in [1.82, 2.24) is 20.2 Å². The van der Waals surface area contributed by atoms with Crippen LogP contribution in [-0.4, -0.2) is 40.1 Å². The summed E-state index contributed by atoms with van der Waals surface area (Å²) in [5.41, 5.74) is 6.82. The van der Waals surface area contributed by atoms with Gasteiger partial charge in [0.05, 0.1) is 28.3 Å². The minimum absolute atomic E-state index is 0.0466. The number of nitrogen functional groups attached to an aromatic ring is 1. The molecule has 3 rings (SSSR count). The van der Waals surface area contributed by atoms with E-state index in [-0.39, 0.29) is 17.5 Å². The van der Waals surface area contributed by atoms with Gasteiger partial charge in [0, 0.05) is 5.56 Å². The molecule has 2 N–H and O–H groups in total.